The van der Waals surface area contributed by atoms with Crippen LogP contribution in [0.1, 0.15) is 30.8 Å². The number of halogens is 2. The summed E-state index contributed by atoms with van der Waals surface area (Å²) in [6.07, 6.45) is 3.53. The van der Waals surface area contributed by atoms with Gasteiger partial charge >= 0.3 is 6.03 Å². The van der Waals surface area contributed by atoms with E-state index < -0.39 is 17.7 Å². The average molecular weight is 361 g/mol. The van der Waals surface area contributed by atoms with Crippen LogP contribution in [0.25, 0.3) is 0 Å². The molecule has 2 heterocycles. The molecule has 2 amide bonds. The van der Waals surface area contributed by atoms with E-state index in [0.717, 1.165) is 49.6 Å². The molecule has 0 bridgehead atoms. The lowest BCUT2D eigenvalue weighted by molar-refractivity contribution is 0.251. The van der Waals surface area contributed by atoms with E-state index in [1.165, 1.54) is 12.5 Å². The van der Waals surface area contributed by atoms with Gasteiger partial charge in [0.05, 0.1) is 6.54 Å². The molecule has 0 unspecified atom stereocenters. The van der Waals surface area contributed by atoms with Gasteiger partial charge in [0.15, 0.2) is 11.6 Å². The van der Waals surface area contributed by atoms with Gasteiger partial charge in [0.1, 0.15) is 11.6 Å². The van der Waals surface area contributed by atoms with E-state index >= 15 is 0 Å². The molecule has 0 atom stereocenters. The highest BCUT2D eigenvalue weighted by molar-refractivity contribution is 5.89. The highest BCUT2D eigenvalue weighted by Crippen LogP contribution is 2.18. The Morgan fingerprint density at radius 1 is 1.12 bits per heavy atom. The largest absolute Gasteiger partial charge is 0.357 e. The van der Waals surface area contributed by atoms with Gasteiger partial charge in [0, 0.05) is 36.6 Å². The lowest BCUT2D eigenvalue weighted by Crippen LogP contribution is -2.32. The molecule has 1 aliphatic rings. The Balaban J connectivity index is 1.60. The molecule has 0 aliphatic carbocycles. The maximum atomic E-state index is 13.2. The molecule has 0 radical (unpaired) electrons. The van der Waals surface area contributed by atoms with Gasteiger partial charge in [-0.2, -0.15) is 0 Å². The van der Waals surface area contributed by atoms with Crippen molar-refractivity contribution in [3.8, 4) is 0 Å². The number of anilines is 2. The molecule has 138 valence electrons. The van der Waals surface area contributed by atoms with Crippen molar-refractivity contribution in [3.05, 3.63) is 47.4 Å². The summed E-state index contributed by atoms with van der Waals surface area (Å²) in [5, 5.41) is 5.08. The van der Waals surface area contributed by atoms with Crippen LogP contribution in [0.2, 0.25) is 0 Å². The van der Waals surface area contributed by atoms with Gasteiger partial charge in [-0.25, -0.2) is 23.5 Å². The third-order valence-corrected chi connectivity index (χ3v) is 4.15. The van der Waals surface area contributed by atoms with E-state index in [4.69, 9.17) is 0 Å². The van der Waals surface area contributed by atoms with Crippen LogP contribution in [-0.4, -0.2) is 29.1 Å². The summed E-state index contributed by atoms with van der Waals surface area (Å²) in [6.45, 7) is 3.97. The molecule has 2 aromatic rings. The van der Waals surface area contributed by atoms with Crippen LogP contribution < -0.4 is 15.5 Å². The fraction of sp³-hybridized carbons (Fsp3) is 0.389. The van der Waals surface area contributed by atoms with Crippen LogP contribution in [0.15, 0.2) is 24.3 Å². The predicted octanol–water partition coefficient (Wildman–Crippen LogP) is 3.38. The SMILES string of the molecule is Cc1cc(N2CCCCC2)nc(CNC(=O)Nc2ccc(F)c(F)c2)n1. The Morgan fingerprint density at radius 2 is 1.88 bits per heavy atom. The van der Waals surface area contributed by atoms with Crippen molar-refractivity contribution in [2.75, 3.05) is 23.3 Å². The van der Waals surface area contributed by atoms with E-state index in [2.05, 4.69) is 25.5 Å². The molecule has 6 nitrogen and oxygen atoms in total. The monoisotopic (exact) mass is 361 g/mol. The number of hydrogen-bond donors (Lipinski definition) is 2. The van der Waals surface area contributed by atoms with Crippen LogP contribution in [0, 0.1) is 18.6 Å². The zero-order chi connectivity index (χ0) is 18.5. The number of aryl methyl sites for hydroxylation is 1. The predicted molar refractivity (Wildman–Crippen MR) is 95.0 cm³/mol. The van der Waals surface area contributed by atoms with E-state index in [9.17, 15) is 13.6 Å². The summed E-state index contributed by atoms with van der Waals surface area (Å²) in [6, 6.07) is 4.57. The number of aromatic nitrogens is 2. The van der Waals surface area contributed by atoms with Crippen molar-refractivity contribution in [1.29, 1.82) is 0 Å². The zero-order valence-electron chi connectivity index (χ0n) is 14.6. The molecule has 1 aromatic heterocycles. The number of piperidine rings is 1. The molecule has 1 aliphatic heterocycles. The Kier molecular flexibility index (Phi) is 5.60. The minimum absolute atomic E-state index is 0.137. The van der Waals surface area contributed by atoms with Gasteiger partial charge in [-0.05, 0) is 38.3 Å². The van der Waals surface area contributed by atoms with Gasteiger partial charge in [0.2, 0.25) is 0 Å². The normalized spacial score (nSPS) is 14.2. The molecular weight excluding hydrogens is 340 g/mol. The molecule has 1 saturated heterocycles. The highest BCUT2D eigenvalue weighted by atomic mass is 19.2. The van der Waals surface area contributed by atoms with Gasteiger partial charge in [-0.15, -0.1) is 0 Å². The van der Waals surface area contributed by atoms with Gasteiger partial charge in [-0.3, -0.25) is 0 Å². The fourth-order valence-electron chi connectivity index (χ4n) is 2.88. The lowest BCUT2D eigenvalue weighted by atomic mass is 10.1. The number of rotatable bonds is 4. The van der Waals surface area contributed by atoms with Crippen LogP contribution in [0.4, 0.5) is 25.1 Å². The number of nitrogens with one attached hydrogen (secondary N) is 2. The standard InChI is InChI=1S/C18H21F2N5O/c1-12-9-17(25-7-3-2-4-8-25)24-16(22-12)11-21-18(26)23-13-5-6-14(19)15(20)10-13/h5-6,9-10H,2-4,7-8,11H2,1H3,(H2,21,23,26). The molecular formula is C18H21F2N5O. The second kappa shape index (κ2) is 8.07. The molecule has 2 N–H and O–H groups in total. The summed E-state index contributed by atoms with van der Waals surface area (Å²) in [7, 11) is 0. The number of hydrogen-bond acceptors (Lipinski definition) is 4. The summed E-state index contributed by atoms with van der Waals surface area (Å²) < 4.78 is 26.1. The molecule has 0 spiro atoms. The maximum Gasteiger partial charge on any atom is 0.319 e. The summed E-state index contributed by atoms with van der Waals surface area (Å²) in [5.74, 6) is -0.605. The third kappa shape index (κ3) is 4.65. The Labute approximate surface area is 150 Å². The third-order valence-electron chi connectivity index (χ3n) is 4.15. The molecule has 1 fully saturated rings. The average Bonchev–Trinajstić information content (AvgIpc) is 2.63. The summed E-state index contributed by atoms with van der Waals surface area (Å²) in [5.41, 5.74) is 0.999. The van der Waals surface area contributed by atoms with E-state index in [1.807, 2.05) is 13.0 Å². The van der Waals surface area contributed by atoms with Gasteiger partial charge in [-0.1, -0.05) is 0 Å². The van der Waals surface area contributed by atoms with Crippen molar-refractivity contribution in [1.82, 2.24) is 15.3 Å². The number of nitrogens with zero attached hydrogens (tertiary/aromatic N) is 3. The first-order valence-electron chi connectivity index (χ1n) is 8.61. The first-order valence-corrected chi connectivity index (χ1v) is 8.61. The van der Waals surface area contributed by atoms with E-state index in [-0.39, 0.29) is 12.2 Å². The number of carbonyl (C=O) groups excluding carboxylic acids is 1. The number of carbonyl (C=O) groups is 1. The van der Waals surface area contributed by atoms with Crippen molar-refractivity contribution in [2.24, 2.45) is 0 Å². The first kappa shape index (κ1) is 18.0. The van der Waals surface area contributed by atoms with Gasteiger partial charge < -0.3 is 15.5 Å². The minimum Gasteiger partial charge on any atom is -0.357 e. The van der Waals surface area contributed by atoms with Gasteiger partial charge in [0.25, 0.3) is 0 Å². The summed E-state index contributed by atoms with van der Waals surface area (Å²) >= 11 is 0. The van der Waals surface area contributed by atoms with E-state index in [1.54, 1.807) is 0 Å². The Hall–Kier alpha value is -2.77. The maximum absolute atomic E-state index is 13.2. The number of amides is 2. The zero-order valence-corrected chi connectivity index (χ0v) is 14.6. The van der Waals surface area contributed by atoms with Crippen molar-refractivity contribution < 1.29 is 13.6 Å². The number of benzene rings is 1. The second-order valence-corrected chi connectivity index (χ2v) is 6.27. The molecule has 1 aromatic carbocycles. The van der Waals surface area contributed by atoms with Crippen LogP contribution in [0.5, 0.6) is 0 Å². The highest BCUT2D eigenvalue weighted by Gasteiger charge is 2.14. The Morgan fingerprint density at radius 3 is 2.62 bits per heavy atom. The van der Waals surface area contributed by atoms with Crippen molar-refractivity contribution >= 4 is 17.5 Å². The van der Waals surface area contributed by atoms with E-state index in [0.29, 0.717) is 5.82 Å². The number of urea groups is 1. The quantitative estimate of drug-likeness (QED) is 0.876. The minimum atomic E-state index is -1.02. The first-order chi connectivity index (χ1) is 12.5. The van der Waals surface area contributed by atoms with Crippen LogP contribution in [0.3, 0.4) is 0 Å². The topological polar surface area (TPSA) is 70.2 Å². The molecule has 8 heteroatoms. The Bertz CT molecular complexity index is 793. The smallest absolute Gasteiger partial charge is 0.319 e. The van der Waals surface area contributed by atoms with Crippen LogP contribution in [-0.2, 0) is 6.54 Å². The summed E-state index contributed by atoms with van der Waals surface area (Å²) in [4.78, 5) is 23.0. The lowest BCUT2D eigenvalue weighted by Gasteiger charge is -2.28. The van der Waals surface area contributed by atoms with Crippen LogP contribution >= 0.6 is 0 Å². The molecule has 26 heavy (non-hydrogen) atoms. The molecule has 3 rings (SSSR count). The fourth-order valence-corrected chi connectivity index (χ4v) is 2.88. The van der Waals surface area contributed by atoms with Crippen molar-refractivity contribution in [2.45, 2.75) is 32.7 Å². The van der Waals surface area contributed by atoms with Crippen molar-refractivity contribution in [3.63, 3.8) is 0 Å². The second-order valence-electron chi connectivity index (χ2n) is 6.27. The molecule has 0 saturated carbocycles.